The first-order chi connectivity index (χ1) is 24.6. The van der Waals surface area contributed by atoms with Gasteiger partial charge in [0.1, 0.15) is 23.1 Å². The molecule has 2 amide bonds. The Morgan fingerprint density at radius 3 is 2.49 bits per heavy atom. The van der Waals surface area contributed by atoms with Crippen molar-refractivity contribution in [1.29, 1.82) is 0 Å². The summed E-state index contributed by atoms with van der Waals surface area (Å²) in [7, 11) is 0. The molecule has 6 heterocycles. The number of ether oxygens (including phenoxy) is 1. The number of thiophene rings is 1. The number of amides is 2. The molecule has 0 bridgehead atoms. The van der Waals surface area contributed by atoms with Gasteiger partial charge >= 0.3 is 0 Å². The molecule has 3 aliphatic rings. The maximum atomic E-state index is 14.7. The number of hydrogen-bond donors (Lipinski definition) is 2. The molecule has 2 aromatic carbocycles. The molecule has 3 aromatic heterocycles. The number of nitrogens with zero attached hydrogens (tertiary/aromatic N) is 4. The van der Waals surface area contributed by atoms with Gasteiger partial charge in [-0.1, -0.05) is 6.07 Å². The summed E-state index contributed by atoms with van der Waals surface area (Å²) in [5, 5.41) is 2.95. The SMILES string of the molecule is Cc1cnc(N2CC3COCC3C2)c(C(=O)Nc2ccc(C(=O)N3CCc4cc(C(=O)c5cccc(F)c5N)sc4-c4ncc(F)cc43)cc2)c1. The largest absolute Gasteiger partial charge is 0.396 e. The molecule has 0 radical (unpaired) electrons. The molecule has 10 nitrogen and oxygen atoms in total. The Hall–Kier alpha value is -5.53. The molecule has 2 saturated heterocycles. The van der Waals surface area contributed by atoms with E-state index in [1.54, 1.807) is 36.5 Å². The molecule has 3 N–H and O–H groups in total. The number of pyridine rings is 2. The summed E-state index contributed by atoms with van der Waals surface area (Å²) in [5.74, 6) is -0.922. The average Bonchev–Trinajstić information content (AvgIpc) is 3.84. The van der Waals surface area contributed by atoms with Crippen molar-refractivity contribution in [2.75, 3.05) is 53.7 Å². The molecule has 0 aliphatic carbocycles. The number of fused-ring (bicyclic) bond motifs is 4. The highest BCUT2D eigenvalue weighted by atomic mass is 32.1. The number of aromatic nitrogens is 2. The van der Waals surface area contributed by atoms with Crippen molar-refractivity contribution < 1.29 is 27.9 Å². The normalized spacial score (nSPS) is 17.8. The first-order valence-corrected chi connectivity index (χ1v) is 17.4. The number of benzene rings is 2. The van der Waals surface area contributed by atoms with Gasteiger partial charge in [-0.05, 0) is 73.0 Å². The summed E-state index contributed by atoms with van der Waals surface area (Å²) in [6.07, 6.45) is 3.19. The number of carbonyl (C=O) groups excluding carboxylic acids is 3. The van der Waals surface area contributed by atoms with Crippen LogP contribution in [0.1, 0.15) is 47.1 Å². The van der Waals surface area contributed by atoms with Gasteiger partial charge in [-0.15, -0.1) is 11.3 Å². The fourth-order valence-electron chi connectivity index (χ4n) is 7.06. The van der Waals surface area contributed by atoms with Gasteiger partial charge in [0, 0.05) is 60.5 Å². The van der Waals surface area contributed by atoms with Crippen LogP contribution in [-0.4, -0.2) is 60.4 Å². The van der Waals surface area contributed by atoms with Gasteiger partial charge in [0.25, 0.3) is 11.8 Å². The first-order valence-electron chi connectivity index (χ1n) is 16.5. The second kappa shape index (κ2) is 13.0. The summed E-state index contributed by atoms with van der Waals surface area (Å²) in [6.45, 7) is 5.09. The maximum absolute atomic E-state index is 14.7. The van der Waals surface area contributed by atoms with Gasteiger partial charge in [-0.2, -0.15) is 0 Å². The third-order valence-corrected chi connectivity index (χ3v) is 10.9. The lowest BCUT2D eigenvalue weighted by molar-refractivity contribution is 0.0985. The molecular formula is C38H32F2N6O4S. The summed E-state index contributed by atoms with van der Waals surface area (Å²) in [4.78, 5) is 54.4. The lowest BCUT2D eigenvalue weighted by Gasteiger charge is -2.23. The molecule has 2 unspecified atom stereocenters. The standard InChI is InChI=1S/C38H32F2N6O4S/c1-20-11-28(36(43-14-20)45-16-23-18-50-19-24(23)17-45)37(48)44-26-7-5-21(6-8-26)38(49)46-10-9-22-12-31(34(47)27-3-2-4-29(40)32(27)41)51-35(22)33-30(46)13-25(39)15-42-33/h2-8,11-15,23-24H,9-10,16-19,41H2,1H3,(H,44,48). The Morgan fingerprint density at radius 1 is 0.961 bits per heavy atom. The molecule has 51 heavy (non-hydrogen) atoms. The number of aryl methyl sites for hydroxylation is 1. The predicted octanol–water partition coefficient (Wildman–Crippen LogP) is 6.14. The van der Waals surface area contributed by atoms with Crippen molar-refractivity contribution in [2.45, 2.75) is 13.3 Å². The van der Waals surface area contributed by atoms with Crippen molar-refractivity contribution in [3.63, 3.8) is 0 Å². The van der Waals surface area contributed by atoms with Crippen molar-refractivity contribution in [2.24, 2.45) is 11.8 Å². The fourth-order valence-corrected chi connectivity index (χ4v) is 8.23. The van der Waals surface area contributed by atoms with Crippen molar-refractivity contribution in [3.05, 3.63) is 117 Å². The van der Waals surface area contributed by atoms with Crippen LogP contribution >= 0.6 is 11.3 Å². The van der Waals surface area contributed by atoms with E-state index in [0.717, 1.165) is 55.0 Å². The molecule has 8 rings (SSSR count). The van der Waals surface area contributed by atoms with Crippen LogP contribution < -0.4 is 20.9 Å². The number of hydrogen-bond acceptors (Lipinski definition) is 9. The zero-order valence-corrected chi connectivity index (χ0v) is 28.3. The van der Waals surface area contributed by atoms with Gasteiger partial charge in [0.05, 0.1) is 46.1 Å². The number of carbonyl (C=O) groups is 3. The van der Waals surface area contributed by atoms with Crippen LogP contribution in [0.4, 0.5) is 31.7 Å². The highest BCUT2D eigenvalue weighted by Gasteiger charge is 2.39. The van der Waals surface area contributed by atoms with E-state index >= 15 is 0 Å². The molecule has 13 heteroatoms. The number of anilines is 4. The number of halogens is 2. The number of nitrogen functional groups attached to an aromatic ring is 1. The third-order valence-electron chi connectivity index (χ3n) is 9.70. The van der Waals surface area contributed by atoms with Crippen LogP contribution in [0.25, 0.3) is 10.6 Å². The van der Waals surface area contributed by atoms with E-state index in [-0.39, 0.29) is 35.3 Å². The summed E-state index contributed by atoms with van der Waals surface area (Å²) in [6, 6.07) is 15.4. The van der Waals surface area contributed by atoms with E-state index in [0.29, 0.717) is 56.3 Å². The summed E-state index contributed by atoms with van der Waals surface area (Å²) >= 11 is 1.14. The predicted molar refractivity (Wildman–Crippen MR) is 191 cm³/mol. The van der Waals surface area contributed by atoms with Crippen LogP contribution in [0.15, 0.2) is 73.1 Å². The number of rotatable bonds is 6. The van der Waals surface area contributed by atoms with E-state index in [1.165, 1.54) is 29.2 Å². The summed E-state index contributed by atoms with van der Waals surface area (Å²) in [5.41, 5.74) is 9.22. The Bertz CT molecular complexity index is 2210. The van der Waals surface area contributed by atoms with Crippen molar-refractivity contribution in [3.8, 4) is 10.6 Å². The lowest BCUT2D eigenvalue weighted by atomic mass is 10.0. The van der Waals surface area contributed by atoms with Crippen molar-refractivity contribution in [1.82, 2.24) is 9.97 Å². The molecule has 258 valence electrons. The fraction of sp³-hybridized carbons (Fsp3) is 0.237. The maximum Gasteiger partial charge on any atom is 0.259 e. The first kappa shape index (κ1) is 32.7. The molecule has 2 atom stereocenters. The minimum absolute atomic E-state index is 0.0512. The van der Waals surface area contributed by atoms with Gasteiger partial charge in [-0.3, -0.25) is 19.4 Å². The quantitative estimate of drug-likeness (QED) is 0.159. The smallest absolute Gasteiger partial charge is 0.259 e. The van der Waals surface area contributed by atoms with Crippen LogP contribution in [0.5, 0.6) is 0 Å². The van der Waals surface area contributed by atoms with E-state index in [1.807, 2.05) is 13.0 Å². The Morgan fingerprint density at radius 2 is 1.73 bits per heavy atom. The van der Waals surface area contributed by atoms with Gasteiger partial charge in [0.15, 0.2) is 0 Å². The minimum atomic E-state index is -0.681. The van der Waals surface area contributed by atoms with E-state index in [9.17, 15) is 23.2 Å². The van der Waals surface area contributed by atoms with E-state index in [2.05, 4.69) is 20.2 Å². The van der Waals surface area contributed by atoms with Crippen LogP contribution in [0.2, 0.25) is 0 Å². The molecule has 2 fully saturated rings. The number of para-hydroxylation sites is 1. The average molecular weight is 707 g/mol. The molecule has 0 spiro atoms. The Labute approximate surface area is 295 Å². The second-order valence-corrected chi connectivity index (χ2v) is 14.2. The highest BCUT2D eigenvalue weighted by molar-refractivity contribution is 7.17. The Kier molecular flexibility index (Phi) is 8.31. The summed E-state index contributed by atoms with van der Waals surface area (Å²) < 4.78 is 34.4. The van der Waals surface area contributed by atoms with Crippen LogP contribution in [0, 0.1) is 30.4 Å². The number of nitrogens with one attached hydrogen (secondary N) is 1. The van der Waals surface area contributed by atoms with Crippen molar-refractivity contribution >= 4 is 51.8 Å². The van der Waals surface area contributed by atoms with E-state index in [4.69, 9.17) is 10.5 Å². The number of nitrogens with two attached hydrogens (primary N) is 1. The molecule has 0 saturated carbocycles. The van der Waals surface area contributed by atoms with Crippen LogP contribution in [-0.2, 0) is 11.2 Å². The molecule has 3 aliphatic heterocycles. The van der Waals surface area contributed by atoms with Gasteiger partial charge < -0.3 is 25.6 Å². The van der Waals surface area contributed by atoms with E-state index < -0.39 is 17.4 Å². The topological polar surface area (TPSA) is 131 Å². The molecule has 5 aromatic rings. The zero-order chi connectivity index (χ0) is 35.4. The Balaban J connectivity index is 1.02. The van der Waals surface area contributed by atoms with Gasteiger partial charge in [0.2, 0.25) is 5.78 Å². The number of ketones is 1. The van der Waals surface area contributed by atoms with Gasteiger partial charge in [-0.25, -0.2) is 13.8 Å². The minimum Gasteiger partial charge on any atom is -0.396 e. The monoisotopic (exact) mass is 706 g/mol. The highest BCUT2D eigenvalue weighted by Crippen LogP contribution is 2.42. The zero-order valence-electron chi connectivity index (χ0n) is 27.5. The lowest BCUT2D eigenvalue weighted by Crippen LogP contribution is -2.32. The third kappa shape index (κ3) is 6.02. The molecular weight excluding hydrogens is 675 g/mol. The van der Waals surface area contributed by atoms with Crippen LogP contribution in [0.3, 0.4) is 0 Å². The second-order valence-electron chi connectivity index (χ2n) is 13.1.